The molecule has 0 atom stereocenters. The molecule has 5 nitrogen and oxygen atoms in total. The van der Waals surface area contributed by atoms with Crippen LogP contribution in [-0.2, 0) is 21.1 Å². The Balaban J connectivity index is 0.00000348. The Labute approximate surface area is 298 Å². The molecule has 0 unspecified atom stereocenters. The van der Waals surface area contributed by atoms with Crippen molar-refractivity contribution in [1.82, 2.24) is 24.7 Å². The predicted octanol–water partition coefficient (Wildman–Crippen LogP) is 10.2. The van der Waals surface area contributed by atoms with Gasteiger partial charge in [-0.3, -0.25) is 4.98 Å². The van der Waals surface area contributed by atoms with E-state index >= 15 is 0 Å². The normalized spacial score (nSPS) is 11.3. The number of pyridine rings is 2. The second kappa shape index (κ2) is 12.4. The van der Waals surface area contributed by atoms with Crippen LogP contribution < -0.4 is 5.10 Å². The molecule has 0 saturated carbocycles. The van der Waals surface area contributed by atoms with Crippen LogP contribution in [0.1, 0.15) is 11.1 Å². The van der Waals surface area contributed by atoms with E-state index in [0.29, 0.717) is 0 Å². The number of fused-ring (bicyclic) bond motifs is 4. The first-order valence-electron chi connectivity index (χ1n) is 16.1. The van der Waals surface area contributed by atoms with Crippen LogP contribution in [0.25, 0.3) is 83.4 Å². The van der Waals surface area contributed by atoms with Crippen LogP contribution in [0.5, 0.6) is 0 Å². The Morgan fingerprint density at radius 3 is 2.20 bits per heavy atom. The molecule has 0 aliphatic carbocycles. The van der Waals surface area contributed by atoms with Gasteiger partial charge in [-0.15, -0.1) is 35.3 Å². The van der Waals surface area contributed by atoms with Crippen LogP contribution in [0.15, 0.2) is 140 Å². The third kappa shape index (κ3) is 5.18. The molecule has 236 valence electrons. The van der Waals surface area contributed by atoms with Crippen molar-refractivity contribution in [3.8, 4) is 50.6 Å². The van der Waals surface area contributed by atoms with E-state index in [-0.39, 0.29) is 21.1 Å². The molecule has 0 saturated heterocycles. The van der Waals surface area contributed by atoms with Crippen molar-refractivity contribution in [3.63, 3.8) is 0 Å². The molecule has 4 heterocycles. The summed E-state index contributed by atoms with van der Waals surface area (Å²) in [7, 11) is 0. The van der Waals surface area contributed by atoms with E-state index in [1.807, 2.05) is 30.5 Å². The molecule has 0 radical (unpaired) electrons. The predicted molar refractivity (Wildman–Crippen MR) is 195 cm³/mol. The summed E-state index contributed by atoms with van der Waals surface area (Å²) >= 11 is 0. The first-order valence-corrected chi connectivity index (χ1v) is 16.1. The van der Waals surface area contributed by atoms with Gasteiger partial charge in [0.2, 0.25) is 0 Å². The summed E-state index contributed by atoms with van der Waals surface area (Å²) in [5, 5.41) is 12.6. The third-order valence-corrected chi connectivity index (χ3v) is 9.19. The van der Waals surface area contributed by atoms with Crippen molar-refractivity contribution in [3.05, 3.63) is 157 Å². The fraction of sp³-hybridized carbons (Fsp3) is 0.0465. The number of nitrogens with zero attached hydrogens (tertiary/aromatic N) is 5. The summed E-state index contributed by atoms with van der Waals surface area (Å²) in [6.45, 7) is 4.33. The maximum Gasteiger partial charge on any atom is 2.00 e. The van der Waals surface area contributed by atoms with E-state index in [9.17, 15) is 0 Å². The number of hydrogen-bond acceptors (Lipinski definition) is 3. The molecule has 6 heteroatoms. The Hall–Kier alpha value is -5.64. The van der Waals surface area contributed by atoms with Crippen molar-refractivity contribution < 1.29 is 21.1 Å². The quantitative estimate of drug-likeness (QED) is 0.163. The van der Waals surface area contributed by atoms with Crippen LogP contribution in [0.3, 0.4) is 0 Å². The van der Waals surface area contributed by atoms with E-state index in [2.05, 4.69) is 139 Å². The topological polar surface area (TPSA) is 57.7 Å². The number of benzene rings is 5. The first kappa shape index (κ1) is 30.7. The Bertz CT molecular complexity index is 2580. The number of hydrogen-bond donors (Lipinski definition) is 0. The summed E-state index contributed by atoms with van der Waals surface area (Å²) in [5.74, 6) is 0. The second-order valence-corrected chi connectivity index (χ2v) is 12.2. The van der Waals surface area contributed by atoms with Crippen molar-refractivity contribution in [2.45, 2.75) is 13.8 Å². The molecule has 0 aliphatic heterocycles. The standard InChI is InChI=1S/C43H29N5.Pt/c1-27-12-8-13-28(2)40(27)31-25-37(45-38(26-31)35-19-10-20-36-41(46-47-42(35)36)29-14-4-3-5-15-29)30-16-9-17-32(24-30)48-39-22-7-6-18-33(39)34-21-11-23-44-43(34)48;/h3-23,25-26H,1-2H3;/q-2;+2. The van der Waals surface area contributed by atoms with Crippen LogP contribution >= 0.6 is 0 Å². The maximum absolute atomic E-state index is 5.31. The SMILES string of the molecule is Cc1cccc(C)c1-c1cc(-c2[c-]c(-n3c4ccccc4c4cccnc43)ccc2)nc(-c2cccc3c(-c4ccccc4)n[n-]c23)c1.[Pt+2]. The van der Waals surface area contributed by atoms with E-state index in [4.69, 9.17) is 15.1 Å². The van der Waals surface area contributed by atoms with Gasteiger partial charge in [0, 0.05) is 17.0 Å². The molecule has 0 bridgehead atoms. The number of aryl methyl sites for hydroxylation is 2. The van der Waals surface area contributed by atoms with Gasteiger partial charge >= 0.3 is 21.1 Å². The van der Waals surface area contributed by atoms with Gasteiger partial charge in [-0.05, 0) is 88.3 Å². The zero-order valence-electron chi connectivity index (χ0n) is 26.8. The summed E-state index contributed by atoms with van der Waals surface area (Å²) in [5.41, 5.74) is 13.9. The molecule has 0 spiro atoms. The van der Waals surface area contributed by atoms with Crippen molar-refractivity contribution in [2.75, 3.05) is 0 Å². The van der Waals surface area contributed by atoms with Crippen LogP contribution in [0.2, 0.25) is 0 Å². The van der Waals surface area contributed by atoms with Gasteiger partial charge in [0.25, 0.3) is 0 Å². The zero-order chi connectivity index (χ0) is 32.2. The summed E-state index contributed by atoms with van der Waals surface area (Å²) < 4.78 is 2.19. The molecule has 9 aromatic rings. The third-order valence-electron chi connectivity index (χ3n) is 9.19. The number of aromatic nitrogens is 5. The monoisotopic (exact) mass is 810 g/mol. The molecule has 0 fully saturated rings. The average Bonchev–Trinajstić information content (AvgIpc) is 3.72. The van der Waals surface area contributed by atoms with Crippen LogP contribution in [0, 0.1) is 19.9 Å². The van der Waals surface area contributed by atoms with Crippen molar-refractivity contribution >= 4 is 32.8 Å². The molecule has 49 heavy (non-hydrogen) atoms. The molecular weight excluding hydrogens is 782 g/mol. The molecule has 0 aliphatic rings. The van der Waals surface area contributed by atoms with E-state index in [0.717, 1.165) is 77.9 Å². The zero-order valence-corrected chi connectivity index (χ0v) is 29.1. The van der Waals surface area contributed by atoms with Crippen LogP contribution in [0.4, 0.5) is 0 Å². The minimum absolute atomic E-state index is 0. The van der Waals surface area contributed by atoms with Crippen molar-refractivity contribution in [2.24, 2.45) is 0 Å². The molecule has 0 N–H and O–H groups in total. The van der Waals surface area contributed by atoms with E-state index in [1.54, 1.807) is 0 Å². The smallest absolute Gasteiger partial charge is 0.574 e. The molecule has 4 aromatic heterocycles. The van der Waals surface area contributed by atoms with Gasteiger partial charge in [0.1, 0.15) is 5.65 Å². The molecule has 5 aromatic carbocycles. The number of rotatable bonds is 5. The summed E-state index contributed by atoms with van der Waals surface area (Å²) in [6, 6.07) is 49.8. The van der Waals surface area contributed by atoms with Gasteiger partial charge in [-0.1, -0.05) is 91.0 Å². The second-order valence-electron chi connectivity index (χ2n) is 12.2. The Morgan fingerprint density at radius 2 is 1.35 bits per heavy atom. The van der Waals surface area contributed by atoms with Gasteiger partial charge in [-0.25, -0.2) is 4.98 Å². The van der Waals surface area contributed by atoms with Gasteiger partial charge in [0.05, 0.1) is 16.9 Å². The molecular formula is C43H29N5Pt. The summed E-state index contributed by atoms with van der Waals surface area (Å²) in [4.78, 5) is 10.1. The molecule has 0 amide bonds. The van der Waals surface area contributed by atoms with Crippen molar-refractivity contribution in [1.29, 1.82) is 0 Å². The largest absolute Gasteiger partial charge is 2.00 e. The Kier molecular flexibility index (Phi) is 7.78. The fourth-order valence-corrected chi connectivity index (χ4v) is 7.01. The minimum atomic E-state index is 0. The van der Waals surface area contributed by atoms with Gasteiger partial charge < -0.3 is 14.8 Å². The van der Waals surface area contributed by atoms with E-state index in [1.165, 1.54) is 16.7 Å². The first-order chi connectivity index (χ1) is 23.6. The number of para-hydroxylation sites is 1. The average molecular weight is 811 g/mol. The van der Waals surface area contributed by atoms with Crippen LogP contribution in [-0.4, -0.2) is 19.6 Å². The Morgan fingerprint density at radius 1 is 0.633 bits per heavy atom. The maximum atomic E-state index is 5.31. The fourth-order valence-electron chi connectivity index (χ4n) is 7.01. The minimum Gasteiger partial charge on any atom is -0.574 e. The van der Waals surface area contributed by atoms with Gasteiger partial charge in [0.15, 0.2) is 0 Å². The van der Waals surface area contributed by atoms with Gasteiger partial charge in [-0.2, -0.15) is 0 Å². The molecule has 9 rings (SSSR count). The van der Waals surface area contributed by atoms with E-state index < -0.39 is 0 Å². The summed E-state index contributed by atoms with van der Waals surface area (Å²) in [6.07, 6.45) is 1.85.